The van der Waals surface area contributed by atoms with Gasteiger partial charge in [0.25, 0.3) is 5.91 Å². The highest BCUT2D eigenvalue weighted by Gasteiger charge is 2.50. The van der Waals surface area contributed by atoms with Crippen molar-refractivity contribution >= 4 is 34.8 Å². The monoisotopic (exact) mass is 582 g/mol. The summed E-state index contributed by atoms with van der Waals surface area (Å²) in [7, 11) is 1.30. The number of hydrogen-bond donors (Lipinski definition) is 3. The number of aryl methyl sites for hydroxylation is 1. The van der Waals surface area contributed by atoms with Gasteiger partial charge in [-0.2, -0.15) is 8.78 Å². The topological polar surface area (TPSA) is 148 Å². The van der Waals surface area contributed by atoms with E-state index >= 15 is 0 Å². The molecule has 0 aliphatic carbocycles. The number of alkyl halides is 2. The van der Waals surface area contributed by atoms with Gasteiger partial charge in [0.1, 0.15) is 22.6 Å². The van der Waals surface area contributed by atoms with Gasteiger partial charge < -0.3 is 30.2 Å². The van der Waals surface area contributed by atoms with Gasteiger partial charge >= 0.3 is 6.61 Å². The van der Waals surface area contributed by atoms with Crippen LogP contribution in [-0.4, -0.2) is 85.8 Å². The van der Waals surface area contributed by atoms with Crippen LogP contribution in [0.3, 0.4) is 0 Å². The Morgan fingerprint density at radius 2 is 1.68 bits per heavy atom. The fraction of sp³-hybridized carbons (Fsp3) is 0.500. The molecule has 4 atom stereocenters. The van der Waals surface area contributed by atoms with Crippen molar-refractivity contribution in [2.24, 2.45) is 0 Å². The number of methoxy groups -OCH3 is 1. The standard InChI is InChI=1S/C26H32F2N4O7S/c1-4-20-29-11-19(40-20)24(36)32-17(12-37-3)22(34)31-18(13-38-25(27)28)23(35)30-16(21(33)26(2)14-39-26)10-15-8-6-5-7-9-15/h5-9,11,16-18,25H,4,10,12-14H2,1-3H3,(H,30,35)(H,31,34)(H,32,36)/t16-,17-,18-,26+/m0/s1. The van der Waals surface area contributed by atoms with Gasteiger partial charge in [0.05, 0.1) is 37.1 Å². The lowest BCUT2D eigenvalue weighted by Gasteiger charge is -2.25. The largest absolute Gasteiger partial charge is 0.382 e. The number of halogens is 2. The first-order chi connectivity index (χ1) is 19.1. The van der Waals surface area contributed by atoms with E-state index in [1.165, 1.54) is 13.3 Å². The molecular weight excluding hydrogens is 550 g/mol. The molecule has 1 aromatic heterocycles. The van der Waals surface area contributed by atoms with Crippen LogP contribution in [0.5, 0.6) is 0 Å². The minimum Gasteiger partial charge on any atom is -0.382 e. The number of nitrogens with zero attached hydrogens (tertiary/aromatic N) is 1. The van der Waals surface area contributed by atoms with Crippen LogP contribution < -0.4 is 16.0 Å². The third-order valence-corrected chi connectivity index (χ3v) is 7.21. The van der Waals surface area contributed by atoms with E-state index in [2.05, 4.69) is 25.7 Å². The molecule has 0 unspecified atom stereocenters. The van der Waals surface area contributed by atoms with E-state index in [0.717, 1.165) is 21.9 Å². The van der Waals surface area contributed by atoms with E-state index in [1.807, 2.05) is 6.92 Å². The fourth-order valence-electron chi connectivity index (χ4n) is 3.73. The molecule has 0 radical (unpaired) electrons. The minimum atomic E-state index is -3.22. The Kier molecular flexibility index (Phi) is 11.2. The van der Waals surface area contributed by atoms with E-state index in [-0.39, 0.29) is 24.5 Å². The highest BCUT2D eigenvalue weighted by molar-refractivity contribution is 7.13. The summed E-state index contributed by atoms with van der Waals surface area (Å²) in [5, 5.41) is 8.12. The van der Waals surface area contributed by atoms with Crippen LogP contribution in [0.15, 0.2) is 36.5 Å². The zero-order valence-corrected chi connectivity index (χ0v) is 23.1. The van der Waals surface area contributed by atoms with Crippen molar-refractivity contribution in [3.8, 4) is 0 Å². The third-order valence-electron chi connectivity index (χ3n) is 6.07. The number of rotatable bonds is 16. The Hall–Kier alpha value is -3.33. The summed E-state index contributed by atoms with van der Waals surface area (Å²) in [6, 6.07) is 4.92. The number of Topliss-reactive ketones (excluding diaryl/α,β-unsaturated/α-hetero) is 1. The van der Waals surface area contributed by atoms with Crippen LogP contribution >= 0.6 is 11.3 Å². The average Bonchev–Trinajstić information content (AvgIpc) is 3.50. The number of carbonyl (C=O) groups is 4. The Bertz CT molecular complexity index is 1180. The van der Waals surface area contributed by atoms with Crippen molar-refractivity contribution in [1.29, 1.82) is 0 Å². The summed E-state index contributed by atoms with van der Waals surface area (Å²) in [6.45, 7) is -0.738. The lowest BCUT2D eigenvalue weighted by atomic mass is 9.94. The number of benzene rings is 1. The van der Waals surface area contributed by atoms with Gasteiger partial charge in [-0.25, -0.2) is 4.98 Å². The Morgan fingerprint density at radius 3 is 2.23 bits per heavy atom. The first-order valence-electron chi connectivity index (χ1n) is 12.5. The normalized spacial score (nSPS) is 18.4. The van der Waals surface area contributed by atoms with E-state index in [4.69, 9.17) is 9.47 Å². The molecule has 218 valence electrons. The molecule has 40 heavy (non-hydrogen) atoms. The highest BCUT2D eigenvalue weighted by atomic mass is 32.1. The molecule has 1 saturated heterocycles. The number of epoxide rings is 1. The maximum absolute atomic E-state index is 13.2. The van der Waals surface area contributed by atoms with Crippen LogP contribution in [0.2, 0.25) is 0 Å². The highest BCUT2D eigenvalue weighted by Crippen LogP contribution is 2.29. The zero-order chi connectivity index (χ0) is 29.3. The molecule has 0 saturated carbocycles. The van der Waals surface area contributed by atoms with Crippen LogP contribution in [0, 0.1) is 0 Å². The smallest absolute Gasteiger partial charge is 0.345 e. The van der Waals surface area contributed by atoms with Gasteiger partial charge in [-0.3, -0.25) is 19.2 Å². The Morgan fingerprint density at radius 1 is 1.05 bits per heavy atom. The van der Waals surface area contributed by atoms with E-state index in [9.17, 15) is 28.0 Å². The lowest BCUT2D eigenvalue weighted by molar-refractivity contribution is -0.148. The maximum Gasteiger partial charge on any atom is 0.345 e. The molecule has 14 heteroatoms. The van der Waals surface area contributed by atoms with Gasteiger partial charge in [0.15, 0.2) is 5.78 Å². The summed E-state index contributed by atoms with van der Waals surface area (Å²) in [6.07, 6.45) is 2.11. The molecule has 3 N–H and O–H groups in total. The van der Waals surface area contributed by atoms with Gasteiger partial charge in [-0.15, -0.1) is 11.3 Å². The van der Waals surface area contributed by atoms with Crippen molar-refractivity contribution in [1.82, 2.24) is 20.9 Å². The molecule has 3 rings (SSSR count). The molecule has 0 bridgehead atoms. The SMILES string of the molecule is CCc1ncc(C(=O)N[C@@H](COC)C(=O)N[C@@H](COC(F)F)C(=O)N[C@@H](Cc2ccccc2)C(=O)[C@@]2(C)CO2)s1. The summed E-state index contributed by atoms with van der Waals surface area (Å²) in [4.78, 5) is 56.4. The van der Waals surface area contributed by atoms with Crippen LogP contribution in [0.1, 0.15) is 34.1 Å². The fourth-order valence-corrected chi connectivity index (χ4v) is 4.49. The quantitative estimate of drug-likeness (QED) is 0.251. The number of aromatic nitrogens is 1. The molecule has 1 aliphatic rings. The molecule has 0 spiro atoms. The summed E-state index contributed by atoms with van der Waals surface area (Å²) in [5.74, 6) is -2.79. The number of hydrogen-bond acceptors (Lipinski definition) is 9. The second-order valence-electron chi connectivity index (χ2n) is 9.24. The minimum absolute atomic E-state index is 0.109. The number of ether oxygens (including phenoxy) is 3. The van der Waals surface area contributed by atoms with Crippen LogP contribution in [-0.2, 0) is 41.4 Å². The van der Waals surface area contributed by atoms with Crippen LogP contribution in [0.4, 0.5) is 8.78 Å². The van der Waals surface area contributed by atoms with Crippen molar-refractivity contribution in [3.05, 3.63) is 52.0 Å². The Labute approximate surface area is 234 Å². The van der Waals surface area contributed by atoms with Crippen molar-refractivity contribution in [2.45, 2.75) is 57.0 Å². The molecule has 11 nitrogen and oxygen atoms in total. The Balaban J connectivity index is 1.74. The van der Waals surface area contributed by atoms with Crippen LogP contribution in [0.25, 0.3) is 0 Å². The third kappa shape index (κ3) is 8.84. The molecule has 1 fully saturated rings. The maximum atomic E-state index is 13.2. The first-order valence-corrected chi connectivity index (χ1v) is 13.3. The second kappa shape index (κ2) is 14.3. The van der Waals surface area contributed by atoms with E-state index in [0.29, 0.717) is 6.42 Å². The van der Waals surface area contributed by atoms with Gasteiger partial charge in [0.2, 0.25) is 11.8 Å². The van der Waals surface area contributed by atoms with E-state index < -0.39 is 60.4 Å². The van der Waals surface area contributed by atoms with Crippen molar-refractivity contribution in [2.75, 3.05) is 26.9 Å². The molecule has 1 aromatic carbocycles. The zero-order valence-electron chi connectivity index (χ0n) is 22.3. The number of carbonyl (C=O) groups excluding carboxylic acids is 4. The molecular formula is C26H32F2N4O7S. The predicted molar refractivity (Wildman–Crippen MR) is 140 cm³/mol. The number of amides is 3. The van der Waals surface area contributed by atoms with Gasteiger partial charge in [-0.05, 0) is 25.3 Å². The summed E-state index contributed by atoms with van der Waals surface area (Å²) < 4.78 is 40.4. The number of nitrogens with one attached hydrogen (secondary N) is 3. The number of ketones is 1. The van der Waals surface area contributed by atoms with Gasteiger partial charge in [0, 0.05) is 7.11 Å². The second-order valence-corrected chi connectivity index (χ2v) is 10.4. The summed E-state index contributed by atoms with van der Waals surface area (Å²) in [5.41, 5.74) is -0.334. The molecule has 3 amide bonds. The van der Waals surface area contributed by atoms with E-state index in [1.54, 1.807) is 37.3 Å². The molecule has 2 heterocycles. The predicted octanol–water partition coefficient (Wildman–Crippen LogP) is 1.26. The van der Waals surface area contributed by atoms with Crippen molar-refractivity contribution < 1.29 is 42.2 Å². The van der Waals surface area contributed by atoms with Crippen molar-refractivity contribution in [3.63, 3.8) is 0 Å². The summed E-state index contributed by atoms with van der Waals surface area (Å²) >= 11 is 1.15. The van der Waals surface area contributed by atoms with Gasteiger partial charge in [-0.1, -0.05) is 37.3 Å². The average molecular weight is 583 g/mol. The first kappa shape index (κ1) is 31.2. The lowest BCUT2D eigenvalue weighted by Crippen LogP contribution is -2.59. The molecule has 2 aromatic rings. The molecule has 1 aliphatic heterocycles. The number of thiazole rings is 1.